The van der Waals surface area contributed by atoms with Crippen LogP contribution in [-0.2, 0) is 4.79 Å². The van der Waals surface area contributed by atoms with Gasteiger partial charge in [0, 0.05) is 19.5 Å². The Balaban J connectivity index is 2.65. The van der Waals surface area contributed by atoms with Crippen molar-refractivity contribution in [3.05, 3.63) is 29.8 Å². The molecule has 0 fully saturated rings. The molecule has 0 aliphatic carbocycles. The van der Waals surface area contributed by atoms with Crippen LogP contribution in [0, 0.1) is 0 Å². The van der Waals surface area contributed by atoms with Crippen LogP contribution in [0.2, 0.25) is 0 Å². The predicted octanol–water partition coefficient (Wildman–Crippen LogP) is 1.46. The Morgan fingerprint density at radius 2 is 2.05 bits per heavy atom. The van der Waals surface area contributed by atoms with Crippen LogP contribution in [0.1, 0.15) is 23.2 Å². The second-order valence-electron chi connectivity index (χ2n) is 4.23. The number of carbonyl (C=O) groups excluding carboxylic acids is 2. The number of hydrogen-bond acceptors (Lipinski definition) is 4. The molecule has 0 unspecified atom stereocenters. The van der Waals surface area contributed by atoms with Crippen LogP contribution in [0.4, 0.5) is 5.69 Å². The maximum absolute atomic E-state index is 11.9. The standard InChI is InChI=1S/C14H21N3O2S/c1-20-10-4-7-13(18)17-12-6-3-2-5-11(12)14(19)16-9-8-15/h2-3,5-6H,4,7-10,15H2,1H3,(H,16,19)(H,17,18). The van der Waals surface area contributed by atoms with E-state index in [9.17, 15) is 9.59 Å². The second kappa shape index (κ2) is 9.39. The molecular weight excluding hydrogens is 274 g/mol. The van der Waals surface area contributed by atoms with Gasteiger partial charge in [-0.3, -0.25) is 9.59 Å². The van der Waals surface area contributed by atoms with Gasteiger partial charge in [0.2, 0.25) is 5.91 Å². The summed E-state index contributed by atoms with van der Waals surface area (Å²) in [4.78, 5) is 23.7. The smallest absolute Gasteiger partial charge is 0.253 e. The van der Waals surface area contributed by atoms with Gasteiger partial charge in [0.05, 0.1) is 11.3 Å². The fourth-order valence-corrected chi connectivity index (χ4v) is 2.09. The zero-order valence-electron chi connectivity index (χ0n) is 11.6. The quantitative estimate of drug-likeness (QED) is 0.634. The summed E-state index contributed by atoms with van der Waals surface area (Å²) in [5.74, 6) is 0.653. The molecule has 4 N–H and O–H groups in total. The van der Waals surface area contributed by atoms with E-state index in [-0.39, 0.29) is 11.8 Å². The predicted molar refractivity (Wildman–Crippen MR) is 84.1 cm³/mol. The van der Waals surface area contributed by atoms with Crippen LogP contribution in [-0.4, -0.2) is 36.9 Å². The minimum Gasteiger partial charge on any atom is -0.351 e. The molecule has 0 saturated carbocycles. The Labute approximate surface area is 123 Å². The zero-order valence-corrected chi connectivity index (χ0v) is 12.5. The molecule has 0 heterocycles. The molecule has 0 aliphatic rings. The van der Waals surface area contributed by atoms with Crippen molar-refractivity contribution in [3.8, 4) is 0 Å². The molecular formula is C14H21N3O2S. The number of nitrogens with one attached hydrogen (secondary N) is 2. The lowest BCUT2D eigenvalue weighted by Gasteiger charge is -2.11. The normalized spacial score (nSPS) is 10.1. The van der Waals surface area contributed by atoms with Gasteiger partial charge in [0.15, 0.2) is 0 Å². The Morgan fingerprint density at radius 3 is 2.75 bits per heavy atom. The molecule has 0 radical (unpaired) electrons. The molecule has 20 heavy (non-hydrogen) atoms. The molecule has 0 saturated heterocycles. The summed E-state index contributed by atoms with van der Waals surface area (Å²) in [5, 5.41) is 5.48. The van der Waals surface area contributed by atoms with Gasteiger partial charge in [-0.2, -0.15) is 11.8 Å². The number of rotatable bonds is 8. The first kappa shape index (κ1) is 16.5. The summed E-state index contributed by atoms with van der Waals surface area (Å²) in [6.45, 7) is 0.795. The van der Waals surface area contributed by atoms with Crippen molar-refractivity contribution in [1.82, 2.24) is 5.32 Å². The number of para-hydroxylation sites is 1. The summed E-state index contributed by atoms with van der Waals surface area (Å²) in [7, 11) is 0. The monoisotopic (exact) mass is 295 g/mol. The topological polar surface area (TPSA) is 84.2 Å². The number of carbonyl (C=O) groups is 2. The highest BCUT2D eigenvalue weighted by Crippen LogP contribution is 2.15. The molecule has 0 atom stereocenters. The van der Waals surface area contributed by atoms with Gasteiger partial charge in [-0.05, 0) is 30.6 Å². The maximum Gasteiger partial charge on any atom is 0.253 e. The highest BCUT2D eigenvalue weighted by Gasteiger charge is 2.12. The number of thioether (sulfide) groups is 1. The van der Waals surface area contributed by atoms with E-state index in [4.69, 9.17) is 5.73 Å². The van der Waals surface area contributed by atoms with Crippen LogP contribution >= 0.6 is 11.8 Å². The van der Waals surface area contributed by atoms with Crippen LogP contribution < -0.4 is 16.4 Å². The fraction of sp³-hybridized carbons (Fsp3) is 0.429. The van der Waals surface area contributed by atoms with Crippen molar-refractivity contribution < 1.29 is 9.59 Å². The van der Waals surface area contributed by atoms with Crippen LogP contribution in [0.15, 0.2) is 24.3 Å². The van der Waals surface area contributed by atoms with Crippen molar-refractivity contribution in [3.63, 3.8) is 0 Å². The third kappa shape index (κ3) is 5.63. The number of benzene rings is 1. The largest absolute Gasteiger partial charge is 0.351 e. The highest BCUT2D eigenvalue weighted by atomic mass is 32.2. The summed E-state index contributed by atoms with van der Waals surface area (Å²) < 4.78 is 0. The first-order chi connectivity index (χ1) is 9.69. The van der Waals surface area contributed by atoms with Gasteiger partial charge < -0.3 is 16.4 Å². The Hall–Kier alpha value is -1.53. The summed E-state index contributed by atoms with van der Waals surface area (Å²) >= 11 is 1.71. The fourth-order valence-electron chi connectivity index (χ4n) is 1.66. The van der Waals surface area contributed by atoms with Crippen LogP contribution in [0.5, 0.6) is 0 Å². The summed E-state index contributed by atoms with van der Waals surface area (Å²) in [5.41, 5.74) is 6.35. The molecule has 1 rings (SSSR count). The van der Waals surface area contributed by atoms with Crippen molar-refractivity contribution in [2.24, 2.45) is 5.73 Å². The minimum atomic E-state index is -0.226. The van der Waals surface area contributed by atoms with Gasteiger partial charge in [0.1, 0.15) is 0 Å². The van der Waals surface area contributed by atoms with E-state index in [1.165, 1.54) is 0 Å². The first-order valence-electron chi connectivity index (χ1n) is 6.55. The van der Waals surface area contributed by atoms with E-state index < -0.39 is 0 Å². The van der Waals surface area contributed by atoms with E-state index in [0.29, 0.717) is 30.8 Å². The van der Waals surface area contributed by atoms with E-state index in [1.807, 2.05) is 6.26 Å². The lowest BCUT2D eigenvalue weighted by atomic mass is 10.1. The third-order valence-corrected chi connectivity index (χ3v) is 3.32. The van der Waals surface area contributed by atoms with Gasteiger partial charge in [0.25, 0.3) is 5.91 Å². The number of hydrogen-bond donors (Lipinski definition) is 3. The van der Waals surface area contributed by atoms with Gasteiger partial charge >= 0.3 is 0 Å². The Bertz CT molecular complexity index is 452. The van der Waals surface area contributed by atoms with Crippen molar-refractivity contribution in [1.29, 1.82) is 0 Å². The van der Waals surface area contributed by atoms with E-state index >= 15 is 0 Å². The number of amides is 2. The van der Waals surface area contributed by atoms with Crippen molar-refractivity contribution >= 4 is 29.3 Å². The van der Waals surface area contributed by atoms with E-state index in [2.05, 4.69) is 10.6 Å². The number of anilines is 1. The maximum atomic E-state index is 11.9. The first-order valence-corrected chi connectivity index (χ1v) is 7.94. The molecule has 110 valence electrons. The van der Waals surface area contributed by atoms with Gasteiger partial charge in [-0.1, -0.05) is 12.1 Å². The second-order valence-corrected chi connectivity index (χ2v) is 5.22. The lowest BCUT2D eigenvalue weighted by molar-refractivity contribution is -0.116. The Morgan fingerprint density at radius 1 is 1.30 bits per heavy atom. The molecule has 0 bridgehead atoms. The molecule has 1 aromatic carbocycles. The van der Waals surface area contributed by atoms with E-state index in [0.717, 1.165) is 12.2 Å². The lowest BCUT2D eigenvalue weighted by Crippen LogP contribution is -2.29. The molecule has 0 aliphatic heterocycles. The van der Waals surface area contributed by atoms with Gasteiger partial charge in [-0.15, -0.1) is 0 Å². The Kier molecular flexibility index (Phi) is 7.75. The molecule has 0 aromatic heterocycles. The molecule has 6 heteroatoms. The SMILES string of the molecule is CSCCCC(=O)Nc1ccccc1C(=O)NCCN. The molecule has 2 amide bonds. The van der Waals surface area contributed by atoms with Crippen molar-refractivity contribution in [2.45, 2.75) is 12.8 Å². The summed E-state index contributed by atoms with van der Waals surface area (Å²) in [6, 6.07) is 6.96. The average molecular weight is 295 g/mol. The van der Waals surface area contributed by atoms with Crippen LogP contribution in [0.25, 0.3) is 0 Å². The molecule has 0 spiro atoms. The summed E-state index contributed by atoms with van der Waals surface area (Å²) in [6.07, 6.45) is 3.29. The van der Waals surface area contributed by atoms with Gasteiger partial charge in [-0.25, -0.2) is 0 Å². The number of nitrogens with two attached hydrogens (primary N) is 1. The minimum absolute atomic E-state index is 0.0712. The van der Waals surface area contributed by atoms with E-state index in [1.54, 1.807) is 36.0 Å². The highest BCUT2D eigenvalue weighted by molar-refractivity contribution is 7.98. The van der Waals surface area contributed by atoms with Crippen LogP contribution in [0.3, 0.4) is 0 Å². The molecule has 5 nitrogen and oxygen atoms in total. The third-order valence-electron chi connectivity index (χ3n) is 2.63. The average Bonchev–Trinajstić information content (AvgIpc) is 2.45. The van der Waals surface area contributed by atoms with Crippen molar-refractivity contribution in [2.75, 3.05) is 30.4 Å². The molecule has 1 aromatic rings. The zero-order chi connectivity index (χ0) is 14.8.